The van der Waals surface area contributed by atoms with E-state index in [1.165, 1.54) is 12.1 Å². The fourth-order valence-corrected chi connectivity index (χ4v) is 1.77. The van der Waals surface area contributed by atoms with Crippen molar-refractivity contribution in [3.63, 3.8) is 0 Å². The lowest BCUT2D eigenvalue weighted by molar-refractivity contribution is 0.511. The van der Waals surface area contributed by atoms with Crippen LogP contribution in [0.2, 0.25) is 0 Å². The summed E-state index contributed by atoms with van der Waals surface area (Å²) in [6.07, 6.45) is 0. The van der Waals surface area contributed by atoms with Crippen LogP contribution in [0.1, 0.15) is 4.88 Å². The second-order valence-electron chi connectivity index (χ2n) is 2.85. The number of aromatic nitrogens is 2. The van der Waals surface area contributed by atoms with E-state index in [0.29, 0.717) is 10.6 Å². The molecule has 3 nitrogen and oxygen atoms in total. The van der Waals surface area contributed by atoms with Crippen molar-refractivity contribution in [1.82, 2.24) is 9.59 Å². The Kier molecular flexibility index (Phi) is 2.70. The van der Waals surface area contributed by atoms with Gasteiger partial charge in [-0.1, -0.05) is 10.6 Å². The van der Waals surface area contributed by atoms with Crippen LogP contribution in [0.15, 0.2) is 18.2 Å². The van der Waals surface area contributed by atoms with Crippen LogP contribution in [0.3, 0.4) is 0 Å². The van der Waals surface area contributed by atoms with Crippen LogP contribution in [0.25, 0.3) is 11.3 Å². The van der Waals surface area contributed by atoms with Crippen molar-refractivity contribution < 1.29 is 8.78 Å². The average molecular weight is 227 g/mol. The minimum absolute atomic E-state index is 0.101. The van der Waals surface area contributed by atoms with Crippen LogP contribution in [0.5, 0.6) is 0 Å². The molecule has 0 unspecified atom stereocenters. The number of hydrogen-bond acceptors (Lipinski definition) is 4. The lowest BCUT2D eigenvalue weighted by Crippen LogP contribution is -1.97. The van der Waals surface area contributed by atoms with Gasteiger partial charge < -0.3 is 5.73 Å². The van der Waals surface area contributed by atoms with Gasteiger partial charge in [-0.2, -0.15) is 0 Å². The second-order valence-corrected chi connectivity index (χ2v) is 3.69. The molecule has 1 aromatic carbocycles. The Bertz CT molecular complexity index is 484. The van der Waals surface area contributed by atoms with E-state index in [2.05, 4.69) is 9.59 Å². The van der Waals surface area contributed by atoms with E-state index in [0.717, 1.165) is 17.6 Å². The predicted molar refractivity (Wildman–Crippen MR) is 53.2 cm³/mol. The summed E-state index contributed by atoms with van der Waals surface area (Å²) in [6, 6.07) is 3.93. The summed E-state index contributed by atoms with van der Waals surface area (Å²) >= 11 is 1.08. The third kappa shape index (κ3) is 1.73. The van der Waals surface area contributed by atoms with Gasteiger partial charge in [0.1, 0.15) is 5.69 Å². The zero-order chi connectivity index (χ0) is 10.8. The zero-order valence-electron chi connectivity index (χ0n) is 7.58. The highest BCUT2D eigenvalue weighted by molar-refractivity contribution is 7.05. The van der Waals surface area contributed by atoms with Crippen LogP contribution in [0, 0.1) is 11.6 Å². The molecule has 0 spiro atoms. The molecular formula is C9H7F2N3S. The Labute approximate surface area is 88.7 Å². The zero-order valence-corrected chi connectivity index (χ0v) is 8.39. The molecule has 6 heteroatoms. The topological polar surface area (TPSA) is 51.8 Å². The molecule has 0 saturated heterocycles. The molecule has 0 atom stereocenters. The molecule has 15 heavy (non-hydrogen) atoms. The van der Waals surface area contributed by atoms with Crippen LogP contribution in [0.4, 0.5) is 8.78 Å². The van der Waals surface area contributed by atoms with Crippen molar-refractivity contribution in [2.75, 3.05) is 0 Å². The van der Waals surface area contributed by atoms with Gasteiger partial charge in [0.15, 0.2) is 11.6 Å². The van der Waals surface area contributed by atoms with Crippen molar-refractivity contribution in [2.45, 2.75) is 6.54 Å². The van der Waals surface area contributed by atoms with E-state index in [-0.39, 0.29) is 12.1 Å². The Morgan fingerprint density at radius 1 is 1.33 bits per heavy atom. The highest BCUT2D eigenvalue weighted by Crippen LogP contribution is 2.26. The average Bonchev–Trinajstić information content (AvgIpc) is 2.70. The van der Waals surface area contributed by atoms with Crippen molar-refractivity contribution in [1.29, 1.82) is 0 Å². The minimum Gasteiger partial charge on any atom is -0.326 e. The molecule has 78 valence electrons. The molecule has 2 aromatic rings. The van der Waals surface area contributed by atoms with E-state index in [9.17, 15) is 8.78 Å². The van der Waals surface area contributed by atoms with Gasteiger partial charge in [-0.3, -0.25) is 0 Å². The maximum absolute atomic E-state index is 13.4. The molecule has 2 rings (SSSR count). The highest BCUT2D eigenvalue weighted by atomic mass is 32.1. The standard InChI is InChI=1S/C9H7F2N3S/c10-6-3-1-2-5(8(6)11)9-7(4-12)15-14-13-9/h1-3H,4,12H2. The molecule has 1 heterocycles. The molecule has 2 N–H and O–H groups in total. The summed E-state index contributed by atoms with van der Waals surface area (Å²) in [5.41, 5.74) is 5.85. The molecule has 0 saturated carbocycles. The maximum atomic E-state index is 13.4. The van der Waals surface area contributed by atoms with Gasteiger partial charge in [-0.25, -0.2) is 8.78 Å². The number of nitrogens with two attached hydrogens (primary N) is 1. The van der Waals surface area contributed by atoms with E-state index in [4.69, 9.17) is 5.73 Å². The highest BCUT2D eigenvalue weighted by Gasteiger charge is 2.15. The summed E-state index contributed by atoms with van der Waals surface area (Å²) in [6.45, 7) is 0.211. The number of halogens is 2. The molecule has 0 amide bonds. The molecule has 1 aromatic heterocycles. The first kappa shape index (κ1) is 10.1. The number of hydrogen-bond donors (Lipinski definition) is 1. The van der Waals surface area contributed by atoms with Gasteiger partial charge in [0.2, 0.25) is 0 Å². The summed E-state index contributed by atoms with van der Waals surface area (Å²) in [5.74, 6) is -1.82. The van der Waals surface area contributed by atoms with E-state index < -0.39 is 11.6 Å². The molecule has 0 radical (unpaired) electrons. The van der Waals surface area contributed by atoms with Gasteiger partial charge in [-0.15, -0.1) is 5.10 Å². The van der Waals surface area contributed by atoms with Crippen LogP contribution in [-0.4, -0.2) is 9.59 Å². The Morgan fingerprint density at radius 2 is 2.13 bits per heavy atom. The van der Waals surface area contributed by atoms with Gasteiger partial charge >= 0.3 is 0 Å². The van der Waals surface area contributed by atoms with Crippen molar-refractivity contribution >= 4 is 11.5 Å². The first-order valence-electron chi connectivity index (χ1n) is 4.19. The van der Waals surface area contributed by atoms with E-state index >= 15 is 0 Å². The van der Waals surface area contributed by atoms with Crippen LogP contribution >= 0.6 is 11.5 Å². The normalized spacial score (nSPS) is 10.6. The van der Waals surface area contributed by atoms with Crippen molar-refractivity contribution in [3.8, 4) is 11.3 Å². The molecule has 0 fully saturated rings. The van der Waals surface area contributed by atoms with Gasteiger partial charge in [0.25, 0.3) is 0 Å². The summed E-state index contributed by atoms with van der Waals surface area (Å²) in [7, 11) is 0. The third-order valence-corrected chi connectivity index (χ3v) is 2.69. The third-order valence-electron chi connectivity index (χ3n) is 1.95. The molecular weight excluding hydrogens is 220 g/mol. The summed E-state index contributed by atoms with van der Waals surface area (Å²) in [5, 5.41) is 3.74. The number of benzene rings is 1. The van der Waals surface area contributed by atoms with Crippen LogP contribution < -0.4 is 5.73 Å². The minimum atomic E-state index is -0.917. The molecule has 0 bridgehead atoms. The lowest BCUT2D eigenvalue weighted by Gasteiger charge is -2.01. The molecule has 0 aliphatic carbocycles. The summed E-state index contributed by atoms with van der Waals surface area (Å²) < 4.78 is 30.0. The Morgan fingerprint density at radius 3 is 2.87 bits per heavy atom. The fourth-order valence-electron chi connectivity index (χ4n) is 1.23. The number of rotatable bonds is 2. The monoisotopic (exact) mass is 227 g/mol. The molecule has 0 aliphatic rings. The first-order valence-corrected chi connectivity index (χ1v) is 4.97. The van der Waals surface area contributed by atoms with Crippen molar-refractivity contribution in [3.05, 3.63) is 34.7 Å². The fraction of sp³-hybridized carbons (Fsp3) is 0.111. The van der Waals surface area contributed by atoms with Gasteiger partial charge in [-0.05, 0) is 23.7 Å². The predicted octanol–water partition coefficient (Wildman–Crippen LogP) is 1.94. The van der Waals surface area contributed by atoms with Crippen LogP contribution in [-0.2, 0) is 6.54 Å². The van der Waals surface area contributed by atoms with Gasteiger partial charge in [0.05, 0.1) is 4.88 Å². The lowest BCUT2D eigenvalue weighted by atomic mass is 10.1. The SMILES string of the molecule is NCc1snnc1-c1cccc(F)c1F. The summed E-state index contributed by atoms with van der Waals surface area (Å²) in [4.78, 5) is 0.638. The Balaban J connectivity index is 2.59. The van der Waals surface area contributed by atoms with E-state index in [1.807, 2.05) is 0 Å². The molecule has 0 aliphatic heterocycles. The first-order chi connectivity index (χ1) is 7.24. The van der Waals surface area contributed by atoms with Gasteiger partial charge in [0, 0.05) is 12.1 Å². The second kappa shape index (κ2) is 4.00. The smallest absolute Gasteiger partial charge is 0.168 e. The number of nitrogens with zero attached hydrogens (tertiary/aromatic N) is 2. The Hall–Kier alpha value is -1.40. The quantitative estimate of drug-likeness (QED) is 0.853. The van der Waals surface area contributed by atoms with Crippen molar-refractivity contribution in [2.24, 2.45) is 5.73 Å². The maximum Gasteiger partial charge on any atom is 0.168 e. The largest absolute Gasteiger partial charge is 0.326 e. The van der Waals surface area contributed by atoms with E-state index in [1.54, 1.807) is 0 Å².